The fourth-order valence-electron chi connectivity index (χ4n) is 2.44. The van der Waals surface area contributed by atoms with Gasteiger partial charge in [0.2, 0.25) is 0 Å². The van der Waals surface area contributed by atoms with Crippen molar-refractivity contribution in [2.75, 3.05) is 6.61 Å². The van der Waals surface area contributed by atoms with E-state index in [0.717, 1.165) is 30.8 Å². The molecule has 0 bridgehead atoms. The molecule has 1 aliphatic carbocycles. The van der Waals surface area contributed by atoms with Gasteiger partial charge in [-0.1, -0.05) is 27.7 Å². The monoisotopic (exact) mass is 208 g/mol. The third kappa shape index (κ3) is 1.42. The molecule has 0 atom stereocenters. The summed E-state index contributed by atoms with van der Waals surface area (Å²) in [5, 5.41) is 0. The van der Waals surface area contributed by atoms with Crippen LogP contribution in [0.2, 0.25) is 0 Å². The van der Waals surface area contributed by atoms with E-state index in [-0.39, 0.29) is 10.8 Å². The zero-order valence-corrected chi connectivity index (χ0v) is 10.1. The Balaban J connectivity index is 2.51. The summed E-state index contributed by atoms with van der Waals surface area (Å²) < 4.78 is 5.76. The van der Waals surface area contributed by atoms with Gasteiger partial charge < -0.3 is 4.74 Å². The largest absolute Gasteiger partial charge is 0.497 e. The van der Waals surface area contributed by atoms with Crippen molar-refractivity contribution in [3.63, 3.8) is 0 Å². The predicted molar refractivity (Wildman–Crippen MR) is 59.4 cm³/mol. The first-order valence-electron chi connectivity index (χ1n) is 5.76. The Labute approximate surface area is 91.7 Å². The standard InChI is InChI=1S/C13H20O2/c1-12(2)8-15-10-7-5-6-9(14)11(10)13(12,3)4/h5-8H2,1-4H3. The van der Waals surface area contributed by atoms with Crippen LogP contribution in [0.3, 0.4) is 0 Å². The maximum atomic E-state index is 12.0. The van der Waals surface area contributed by atoms with E-state index in [4.69, 9.17) is 4.74 Å². The van der Waals surface area contributed by atoms with E-state index in [9.17, 15) is 4.79 Å². The summed E-state index contributed by atoms with van der Waals surface area (Å²) in [5.74, 6) is 1.27. The highest BCUT2D eigenvalue weighted by Gasteiger charge is 2.48. The van der Waals surface area contributed by atoms with Crippen LogP contribution in [-0.2, 0) is 9.53 Å². The van der Waals surface area contributed by atoms with Crippen molar-refractivity contribution in [2.45, 2.75) is 47.0 Å². The summed E-state index contributed by atoms with van der Waals surface area (Å²) in [6.07, 6.45) is 2.59. The van der Waals surface area contributed by atoms with Gasteiger partial charge in [-0.25, -0.2) is 0 Å². The second-order valence-electron chi connectivity index (χ2n) is 5.87. The Hall–Kier alpha value is -0.790. The van der Waals surface area contributed by atoms with Gasteiger partial charge in [-0.15, -0.1) is 0 Å². The zero-order valence-electron chi connectivity index (χ0n) is 10.1. The van der Waals surface area contributed by atoms with Gasteiger partial charge in [-0.2, -0.15) is 0 Å². The van der Waals surface area contributed by atoms with E-state index in [1.54, 1.807) is 0 Å². The molecule has 0 aromatic heterocycles. The van der Waals surface area contributed by atoms with E-state index in [1.165, 1.54) is 0 Å². The quantitative estimate of drug-likeness (QED) is 0.611. The maximum absolute atomic E-state index is 12.0. The van der Waals surface area contributed by atoms with Crippen LogP contribution in [0, 0.1) is 10.8 Å². The molecule has 84 valence electrons. The molecule has 0 amide bonds. The molecule has 0 aromatic carbocycles. The molecule has 0 N–H and O–H groups in total. The number of hydrogen-bond acceptors (Lipinski definition) is 2. The maximum Gasteiger partial charge on any atom is 0.162 e. The second-order valence-corrected chi connectivity index (χ2v) is 5.87. The fourth-order valence-corrected chi connectivity index (χ4v) is 2.44. The molecular weight excluding hydrogens is 188 g/mol. The summed E-state index contributed by atoms with van der Waals surface area (Å²) >= 11 is 0. The molecule has 0 aromatic rings. The van der Waals surface area contributed by atoms with Gasteiger partial charge in [-0.3, -0.25) is 4.79 Å². The first-order chi connectivity index (χ1) is 6.86. The van der Waals surface area contributed by atoms with Crippen molar-refractivity contribution in [3.8, 4) is 0 Å². The van der Waals surface area contributed by atoms with Crippen molar-refractivity contribution in [1.82, 2.24) is 0 Å². The lowest BCUT2D eigenvalue weighted by atomic mass is 9.60. The minimum atomic E-state index is -0.0575. The normalized spacial score (nSPS) is 28.4. The Morgan fingerprint density at radius 2 is 1.80 bits per heavy atom. The molecule has 0 radical (unpaired) electrons. The van der Waals surface area contributed by atoms with Crippen LogP contribution in [0.5, 0.6) is 0 Å². The van der Waals surface area contributed by atoms with E-state index < -0.39 is 0 Å². The van der Waals surface area contributed by atoms with Crippen LogP contribution < -0.4 is 0 Å². The van der Waals surface area contributed by atoms with Gasteiger partial charge in [0.25, 0.3) is 0 Å². The minimum Gasteiger partial charge on any atom is -0.497 e. The van der Waals surface area contributed by atoms with E-state index >= 15 is 0 Å². The van der Waals surface area contributed by atoms with Crippen molar-refractivity contribution in [1.29, 1.82) is 0 Å². The molecular formula is C13H20O2. The van der Waals surface area contributed by atoms with E-state index in [1.807, 2.05) is 0 Å². The number of carbonyl (C=O) groups is 1. The Bertz CT molecular complexity index is 334. The average molecular weight is 208 g/mol. The van der Waals surface area contributed by atoms with Crippen LogP contribution in [0.1, 0.15) is 47.0 Å². The van der Waals surface area contributed by atoms with Gasteiger partial charge in [0.05, 0.1) is 6.61 Å². The SMILES string of the molecule is CC1(C)COC2=C(C(=O)CCC2)C1(C)C. The summed E-state index contributed by atoms with van der Waals surface area (Å²) in [4.78, 5) is 12.0. The van der Waals surface area contributed by atoms with Crippen molar-refractivity contribution in [3.05, 3.63) is 11.3 Å². The molecule has 0 saturated carbocycles. The van der Waals surface area contributed by atoms with Crippen molar-refractivity contribution in [2.24, 2.45) is 10.8 Å². The molecule has 1 aliphatic heterocycles. The third-order valence-electron chi connectivity index (χ3n) is 4.29. The summed E-state index contributed by atoms with van der Waals surface area (Å²) in [5.41, 5.74) is 0.946. The number of ether oxygens (including phenoxy) is 1. The lowest BCUT2D eigenvalue weighted by molar-refractivity contribution is -0.120. The highest BCUT2D eigenvalue weighted by molar-refractivity contribution is 5.98. The lowest BCUT2D eigenvalue weighted by Crippen LogP contribution is -2.45. The lowest BCUT2D eigenvalue weighted by Gasteiger charge is -2.48. The number of Topliss-reactive ketones (excluding diaryl/α,β-unsaturated/α-hetero) is 1. The number of carbonyl (C=O) groups excluding carboxylic acids is 1. The Kier molecular flexibility index (Phi) is 2.21. The molecule has 0 spiro atoms. The second kappa shape index (κ2) is 3.10. The Morgan fingerprint density at radius 1 is 1.13 bits per heavy atom. The van der Waals surface area contributed by atoms with Crippen LogP contribution in [-0.4, -0.2) is 12.4 Å². The fraction of sp³-hybridized carbons (Fsp3) is 0.769. The first kappa shape index (κ1) is 10.7. The molecule has 2 rings (SSSR count). The third-order valence-corrected chi connectivity index (χ3v) is 4.29. The molecule has 15 heavy (non-hydrogen) atoms. The van der Waals surface area contributed by atoms with Crippen LogP contribution >= 0.6 is 0 Å². The highest BCUT2D eigenvalue weighted by atomic mass is 16.5. The van der Waals surface area contributed by atoms with Crippen LogP contribution in [0.25, 0.3) is 0 Å². The average Bonchev–Trinajstić information content (AvgIpc) is 2.12. The topological polar surface area (TPSA) is 26.3 Å². The summed E-state index contributed by atoms with van der Waals surface area (Å²) in [6, 6.07) is 0. The minimum absolute atomic E-state index is 0.0405. The first-order valence-corrected chi connectivity index (χ1v) is 5.76. The number of ketones is 1. The molecule has 2 heteroatoms. The molecule has 0 saturated heterocycles. The van der Waals surface area contributed by atoms with Gasteiger partial charge in [-0.05, 0) is 6.42 Å². The van der Waals surface area contributed by atoms with Gasteiger partial charge >= 0.3 is 0 Å². The van der Waals surface area contributed by atoms with Crippen LogP contribution in [0.15, 0.2) is 11.3 Å². The van der Waals surface area contributed by atoms with Crippen molar-refractivity contribution < 1.29 is 9.53 Å². The molecule has 2 nitrogen and oxygen atoms in total. The van der Waals surface area contributed by atoms with Crippen molar-refractivity contribution >= 4 is 5.78 Å². The van der Waals surface area contributed by atoms with Gasteiger partial charge in [0.15, 0.2) is 5.78 Å². The number of hydrogen-bond donors (Lipinski definition) is 0. The molecule has 0 fully saturated rings. The highest BCUT2D eigenvalue weighted by Crippen LogP contribution is 2.51. The molecule has 0 unspecified atom stereocenters. The van der Waals surface area contributed by atoms with Gasteiger partial charge in [0, 0.05) is 29.2 Å². The Morgan fingerprint density at radius 3 is 2.47 bits per heavy atom. The summed E-state index contributed by atoms with van der Waals surface area (Å²) in [7, 11) is 0. The van der Waals surface area contributed by atoms with Gasteiger partial charge in [0.1, 0.15) is 5.76 Å². The number of allylic oxidation sites excluding steroid dienone is 2. The van der Waals surface area contributed by atoms with E-state index in [2.05, 4.69) is 27.7 Å². The van der Waals surface area contributed by atoms with Crippen LogP contribution in [0.4, 0.5) is 0 Å². The smallest absolute Gasteiger partial charge is 0.162 e. The predicted octanol–water partition coefficient (Wildman–Crippen LogP) is 3.08. The summed E-state index contributed by atoms with van der Waals surface area (Å²) in [6.45, 7) is 9.44. The zero-order chi connectivity index (χ0) is 11.3. The number of rotatable bonds is 0. The van der Waals surface area contributed by atoms with E-state index in [0.29, 0.717) is 12.2 Å². The molecule has 1 heterocycles. The molecule has 2 aliphatic rings.